The summed E-state index contributed by atoms with van der Waals surface area (Å²) in [5, 5.41) is 75.9. The monoisotopic (exact) mass is 1230 g/mol. The number of anilines is 13. The normalized spacial score (nSPS) is 10.2. The molecule has 0 radical (unpaired) electrons. The summed E-state index contributed by atoms with van der Waals surface area (Å²) in [4.78, 5) is 60.0. The number of primary amides is 1. The van der Waals surface area contributed by atoms with Crippen LogP contribution in [0, 0.1) is 0 Å². The number of carboxylic acid groups (broad SMARTS) is 1. The van der Waals surface area contributed by atoms with Gasteiger partial charge in [0.15, 0.2) is 0 Å². The zero-order valence-electron chi connectivity index (χ0n) is 48.3. The molecule has 30 heteroatoms. The Hall–Kier alpha value is -10.7. The number of carbonyl (C=O) groups excluding carboxylic acids is 4. The van der Waals surface area contributed by atoms with E-state index >= 15 is 0 Å². The highest BCUT2D eigenvalue weighted by Crippen LogP contribution is 2.25. The number of nitrogens with one attached hydrogen (secondary N) is 2. The fourth-order valence-electron chi connectivity index (χ4n) is 7.22. The average Bonchev–Trinajstić information content (AvgIpc) is 3.65. The van der Waals surface area contributed by atoms with E-state index in [9.17, 15) is 24.0 Å². The first-order chi connectivity index (χ1) is 41.5. The highest BCUT2D eigenvalue weighted by atomic mass is 16.4. The Bertz CT molecular complexity index is 3070. The van der Waals surface area contributed by atoms with Gasteiger partial charge in [0.2, 0.25) is 5.91 Å². The quantitative estimate of drug-likeness (QED) is 0.0305. The van der Waals surface area contributed by atoms with E-state index in [-0.39, 0.29) is 56.6 Å². The van der Waals surface area contributed by atoms with Gasteiger partial charge in [0, 0.05) is 111 Å². The smallest absolute Gasteiger partial charge is 0.335 e. The number of nitrogen functional groups attached to an aromatic ring is 12. The fraction of sp³-hybridized carbons (Fsp3) is 0.224. The molecule has 0 aliphatic carbocycles. The van der Waals surface area contributed by atoms with Crippen molar-refractivity contribution in [3.63, 3.8) is 0 Å². The summed E-state index contributed by atoms with van der Waals surface area (Å²) in [6, 6.07) is 26.9. The van der Waals surface area contributed by atoms with Crippen LogP contribution in [0.15, 0.2) is 135 Å². The van der Waals surface area contributed by atoms with Crippen molar-refractivity contribution in [3.8, 4) is 0 Å². The van der Waals surface area contributed by atoms with Crippen molar-refractivity contribution >= 4 is 104 Å². The molecular formula is C58H83N17O13. The third-order valence-corrected chi connectivity index (χ3v) is 11.4. The van der Waals surface area contributed by atoms with Gasteiger partial charge in [-0.3, -0.25) is 19.2 Å². The van der Waals surface area contributed by atoms with E-state index in [1.807, 2.05) is 24.3 Å². The molecule has 4 amide bonds. The standard InChI is InChI=1S/C12H17N3.C11H17N3O4.C11H17N3O3.C10H15N3O3.C7H9N3O.C7H8N2O2/c1-3-7-15(8-4-2)12-6-5-10(13)9-11(12)14;12-8-1-7(2-9(13)3-8)10(18)14-11(4-15,5-16)6-17;12-9-5-8(6-10(13)7-9)11(17)14(1-3-15)2-4-16;11-7-1-6(2-8(12)3-7)10(16)13-9(4-14)5-15;2*8-5-1-4(7(10)11)2-6(9)3-5/h3-6,9H,1-2,7-8,13-14H2;1-3,15-17H,4-6,12-13H2,(H,14,18);5-7,15-16H,1-4,12-13H2;1-3,9,14-15H,4-5,11-12H2,(H,13,16);1-3H,8-9H2,(H2,10,11);1-3H,8-9H2,(H,10,11). The first-order valence-corrected chi connectivity index (χ1v) is 26.1. The molecule has 0 saturated carbocycles. The lowest BCUT2D eigenvalue weighted by Gasteiger charge is -2.28. The zero-order valence-corrected chi connectivity index (χ0v) is 48.3. The number of amides is 4. The number of hydrogen-bond acceptors (Lipinski definition) is 25. The summed E-state index contributed by atoms with van der Waals surface area (Å²) in [6.45, 7) is 6.45. The van der Waals surface area contributed by atoms with E-state index in [1.54, 1.807) is 18.2 Å². The van der Waals surface area contributed by atoms with Gasteiger partial charge in [-0.1, -0.05) is 12.2 Å². The number of aromatic carboxylic acids is 1. The van der Waals surface area contributed by atoms with Crippen molar-refractivity contribution in [3.05, 3.63) is 162 Å². The molecule has 36 N–H and O–H groups in total. The summed E-state index contributed by atoms with van der Waals surface area (Å²) >= 11 is 0. The highest BCUT2D eigenvalue weighted by molar-refractivity contribution is 5.98. The Morgan fingerprint density at radius 2 is 0.807 bits per heavy atom. The summed E-state index contributed by atoms with van der Waals surface area (Å²) in [7, 11) is 0. The Labute approximate surface area is 508 Å². The third kappa shape index (κ3) is 26.9. The van der Waals surface area contributed by atoms with Crippen LogP contribution in [0.25, 0.3) is 0 Å². The number of rotatable bonds is 21. The Morgan fingerprint density at radius 3 is 1.11 bits per heavy atom. The van der Waals surface area contributed by atoms with E-state index in [4.69, 9.17) is 115 Å². The SMILES string of the molecule is C=CCN(CC=C)c1ccc(N)cc1N.NC(=O)c1cc(N)cc(N)c1.Nc1cc(N)cc(C(=O)N(CCO)CCO)c1.Nc1cc(N)cc(C(=O)NC(CO)(CO)CO)c1.Nc1cc(N)cc(C(=O)NC(CO)CO)c1.Nc1cc(N)cc(C(=O)O)c1. The first kappa shape index (κ1) is 75.3. The lowest BCUT2D eigenvalue weighted by Crippen LogP contribution is -2.57. The van der Waals surface area contributed by atoms with Gasteiger partial charge in [0.05, 0.1) is 69.2 Å². The van der Waals surface area contributed by atoms with E-state index in [2.05, 4.69) is 28.7 Å². The Morgan fingerprint density at radius 1 is 0.466 bits per heavy atom. The van der Waals surface area contributed by atoms with Crippen LogP contribution in [0.2, 0.25) is 0 Å². The molecule has 0 aliphatic heterocycles. The highest BCUT2D eigenvalue weighted by Gasteiger charge is 2.30. The molecule has 0 aromatic heterocycles. The van der Waals surface area contributed by atoms with Crippen LogP contribution >= 0.6 is 0 Å². The van der Waals surface area contributed by atoms with Gasteiger partial charge in [0.1, 0.15) is 5.54 Å². The molecule has 6 rings (SSSR count). The topological polar surface area (TPSA) is 616 Å². The molecule has 0 saturated heterocycles. The molecule has 0 bridgehead atoms. The third-order valence-electron chi connectivity index (χ3n) is 11.4. The Kier molecular flexibility index (Phi) is 32.7. The number of benzene rings is 6. The van der Waals surface area contributed by atoms with Crippen LogP contribution in [0.3, 0.4) is 0 Å². The number of carbonyl (C=O) groups is 5. The molecule has 0 atom stereocenters. The number of aliphatic hydroxyl groups is 7. The minimum absolute atomic E-state index is 0.113. The van der Waals surface area contributed by atoms with Gasteiger partial charge in [-0.15, -0.1) is 13.2 Å². The van der Waals surface area contributed by atoms with Crippen molar-refractivity contribution in [2.75, 3.05) is 146 Å². The fourth-order valence-corrected chi connectivity index (χ4v) is 7.22. The van der Waals surface area contributed by atoms with Gasteiger partial charge < -0.3 is 136 Å². The minimum Gasteiger partial charge on any atom is -0.478 e. The number of nitrogens with two attached hydrogens (primary N) is 13. The number of nitrogens with zero attached hydrogens (tertiary/aromatic N) is 2. The van der Waals surface area contributed by atoms with Crippen molar-refractivity contribution in [1.29, 1.82) is 0 Å². The summed E-state index contributed by atoms with van der Waals surface area (Å²) < 4.78 is 0. The molecule has 0 unspecified atom stereocenters. The van der Waals surface area contributed by atoms with Crippen LogP contribution in [0.4, 0.5) is 73.9 Å². The van der Waals surface area contributed by atoms with Crippen LogP contribution in [0.1, 0.15) is 51.8 Å². The molecule has 6 aromatic rings. The minimum atomic E-state index is -1.48. The van der Waals surface area contributed by atoms with Crippen molar-refractivity contribution in [2.24, 2.45) is 5.73 Å². The van der Waals surface area contributed by atoms with Gasteiger partial charge in [-0.25, -0.2) is 4.79 Å². The molecule has 0 heterocycles. The van der Waals surface area contributed by atoms with Crippen LogP contribution < -0.4 is 90.1 Å². The lowest BCUT2D eigenvalue weighted by molar-refractivity contribution is 0.0375. The molecule has 0 spiro atoms. The van der Waals surface area contributed by atoms with Gasteiger partial charge in [0.25, 0.3) is 17.7 Å². The predicted molar refractivity (Wildman–Crippen MR) is 347 cm³/mol. The van der Waals surface area contributed by atoms with Crippen molar-refractivity contribution < 1.29 is 64.8 Å². The summed E-state index contributed by atoms with van der Waals surface area (Å²) in [5.74, 6) is -2.89. The second-order valence-electron chi connectivity index (χ2n) is 18.9. The molecular weight excluding hydrogens is 1140 g/mol. The van der Waals surface area contributed by atoms with Crippen LogP contribution in [-0.4, -0.2) is 159 Å². The number of hydrogen-bond donors (Lipinski definition) is 23. The van der Waals surface area contributed by atoms with Crippen molar-refractivity contribution in [1.82, 2.24) is 15.5 Å². The van der Waals surface area contributed by atoms with Gasteiger partial charge in [-0.2, -0.15) is 0 Å². The van der Waals surface area contributed by atoms with E-state index < -0.39 is 55.1 Å². The van der Waals surface area contributed by atoms with Crippen molar-refractivity contribution in [2.45, 2.75) is 11.6 Å². The van der Waals surface area contributed by atoms with Crippen LogP contribution in [0.5, 0.6) is 0 Å². The molecule has 0 aliphatic rings. The Balaban J connectivity index is 0.000000532. The lowest BCUT2D eigenvalue weighted by atomic mass is 10.0. The maximum Gasteiger partial charge on any atom is 0.335 e. The van der Waals surface area contributed by atoms with Crippen LogP contribution in [-0.2, 0) is 0 Å². The van der Waals surface area contributed by atoms with Gasteiger partial charge in [-0.05, 0) is 109 Å². The summed E-state index contributed by atoms with van der Waals surface area (Å²) in [5.41, 5.74) is 77.4. The number of aliphatic hydroxyl groups excluding tert-OH is 7. The second kappa shape index (κ2) is 38.3. The maximum absolute atomic E-state index is 12.0. The molecule has 6 aromatic carbocycles. The number of carboxylic acids is 1. The molecule has 478 valence electrons. The second-order valence-corrected chi connectivity index (χ2v) is 18.9. The molecule has 30 nitrogen and oxygen atoms in total. The molecule has 88 heavy (non-hydrogen) atoms. The largest absolute Gasteiger partial charge is 0.478 e. The van der Waals surface area contributed by atoms with E-state index in [1.165, 1.54) is 83.8 Å². The maximum atomic E-state index is 12.0. The predicted octanol–water partition coefficient (Wildman–Crippen LogP) is -0.963. The average molecular weight is 1230 g/mol. The van der Waals surface area contributed by atoms with Gasteiger partial charge >= 0.3 is 5.97 Å². The molecule has 0 fully saturated rings. The zero-order chi connectivity index (χ0) is 66.8. The summed E-state index contributed by atoms with van der Waals surface area (Å²) in [6.07, 6.45) is 3.67. The first-order valence-electron chi connectivity index (χ1n) is 26.1. The van der Waals surface area contributed by atoms with E-state index in [0.29, 0.717) is 84.9 Å². The van der Waals surface area contributed by atoms with E-state index in [0.717, 1.165) is 18.8 Å².